The lowest BCUT2D eigenvalue weighted by Crippen LogP contribution is -2.12. The molecule has 0 aromatic heterocycles. The van der Waals surface area contributed by atoms with Gasteiger partial charge in [-0.2, -0.15) is 0 Å². The van der Waals surface area contributed by atoms with Crippen molar-refractivity contribution < 1.29 is 14.5 Å². The summed E-state index contributed by atoms with van der Waals surface area (Å²) in [5.41, 5.74) is 3.23. The first-order valence-electron chi connectivity index (χ1n) is 8.49. The predicted molar refractivity (Wildman–Crippen MR) is 108 cm³/mol. The Labute approximate surface area is 166 Å². The fourth-order valence-corrected chi connectivity index (χ4v) is 2.82. The quantitative estimate of drug-likeness (QED) is 0.259. The highest BCUT2D eigenvalue weighted by molar-refractivity contribution is 6.31. The average Bonchev–Trinajstić information content (AvgIpc) is 2.67. The van der Waals surface area contributed by atoms with Gasteiger partial charge in [-0.15, -0.1) is 0 Å². The van der Waals surface area contributed by atoms with Crippen LogP contribution in [0.4, 0.5) is 17.1 Å². The summed E-state index contributed by atoms with van der Waals surface area (Å²) in [5.74, 6) is -0.211. The third-order valence-electron chi connectivity index (χ3n) is 4.17. The van der Waals surface area contributed by atoms with E-state index in [1.165, 1.54) is 24.3 Å². The molecule has 1 N–H and O–H groups in total. The number of benzene rings is 3. The first kappa shape index (κ1) is 19.4. The van der Waals surface area contributed by atoms with Gasteiger partial charge >= 0.3 is 5.97 Å². The summed E-state index contributed by atoms with van der Waals surface area (Å²) in [6.45, 7) is 1.91. The number of nitrogens with zero attached hydrogens (tertiary/aromatic N) is 1. The third-order valence-corrected chi connectivity index (χ3v) is 4.58. The zero-order valence-electron chi connectivity index (χ0n) is 15.0. The van der Waals surface area contributed by atoms with Crippen molar-refractivity contribution in [2.45, 2.75) is 13.3 Å². The van der Waals surface area contributed by atoms with Gasteiger partial charge in [-0.1, -0.05) is 35.9 Å². The SMILES string of the molecule is Cc1c(Cl)cccc1Nc1ccccc1CC(=O)Oc1ccc([N+](=O)[O-])cc1. The average molecular weight is 397 g/mol. The summed E-state index contributed by atoms with van der Waals surface area (Å²) in [7, 11) is 0. The molecule has 142 valence electrons. The van der Waals surface area contributed by atoms with Gasteiger partial charge in [-0.3, -0.25) is 14.9 Å². The molecule has 3 rings (SSSR count). The molecule has 3 aromatic rings. The molecule has 0 heterocycles. The smallest absolute Gasteiger partial charge is 0.315 e. The van der Waals surface area contributed by atoms with E-state index in [2.05, 4.69) is 5.32 Å². The highest BCUT2D eigenvalue weighted by Gasteiger charge is 2.12. The van der Waals surface area contributed by atoms with Crippen molar-refractivity contribution in [1.82, 2.24) is 0 Å². The van der Waals surface area contributed by atoms with Gasteiger partial charge in [0.05, 0.1) is 11.3 Å². The number of non-ortho nitro benzene ring substituents is 1. The maximum atomic E-state index is 12.3. The molecule has 0 fully saturated rings. The maximum Gasteiger partial charge on any atom is 0.315 e. The molecule has 6 nitrogen and oxygen atoms in total. The molecule has 7 heteroatoms. The van der Waals surface area contributed by atoms with Crippen LogP contribution in [0.5, 0.6) is 5.75 Å². The molecule has 3 aromatic carbocycles. The number of anilines is 2. The van der Waals surface area contributed by atoms with Crippen LogP contribution < -0.4 is 10.1 Å². The molecular weight excluding hydrogens is 380 g/mol. The number of nitro benzene ring substituents is 1. The molecule has 0 radical (unpaired) electrons. The fraction of sp³-hybridized carbons (Fsp3) is 0.0952. The van der Waals surface area contributed by atoms with E-state index in [0.717, 1.165) is 22.5 Å². The van der Waals surface area contributed by atoms with Crippen LogP contribution in [0, 0.1) is 17.0 Å². The zero-order chi connectivity index (χ0) is 20.1. The van der Waals surface area contributed by atoms with E-state index in [4.69, 9.17) is 16.3 Å². The van der Waals surface area contributed by atoms with Crippen LogP contribution in [0.25, 0.3) is 0 Å². The summed E-state index contributed by atoms with van der Waals surface area (Å²) in [6, 6.07) is 18.4. The van der Waals surface area contributed by atoms with Gasteiger partial charge in [0.2, 0.25) is 0 Å². The van der Waals surface area contributed by atoms with E-state index >= 15 is 0 Å². The molecule has 0 saturated heterocycles. The van der Waals surface area contributed by atoms with Crippen LogP contribution in [0.2, 0.25) is 5.02 Å². The number of esters is 1. The monoisotopic (exact) mass is 396 g/mol. The van der Waals surface area contributed by atoms with Crippen LogP contribution in [0.15, 0.2) is 66.7 Å². The molecule has 0 unspecified atom stereocenters. The highest BCUT2D eigenvalue weighted by atomic mass is 35.5. The second-order valence-electron chi connectivity index (χ2n) is 6.10. The van der Waals surface area contributed by atoms with E-state index in [9.17, 15) is 14.9 Å². The van der Waals surface area contributed by atoms with Crippen molar-refractivity contribution >= 4 is 34.6 Å². The van der Waals surface area contributed by atoms with E-state index in [1.807, 2.05) is 49.4 Å². The van der Waals surface area contributed by atoms with Gasteiger partial charge in [0.15, 0.2) is 0 Å². The number of para-hydroxylation sites is 1. The summed E-state index contributed by atoms with van der Waals surface area (Å²) in [4.78, 5) is 22.5. The van der Waals surface area contributed by atoms with Crippen LogP contribution in [0.3, 0.4) is 0 Å². The molecule has 0 saturated carbocycles. The second-order valence-corrected chi connectivity index (χ2v) is 6.50. The molecule has 0 amide bonds. The van der Waals surface area contributed by atoms with Crippen LogP contribution in [-0.2, 0) is 11.2 Å². The number of carbonyl (C=O) groups excluding carboxylic acids is 1. The summed E-state index contributed by atoms with van der Waals surface area (Å²) in [6.07, 6.45) is 0.0414. The Kier molecular flexibility index (Phi) is 5.91. The second kappa shape index (κ2) is 8.54. The lowest BCUT2D eigenvalue weighted by atomic mass is 10.1. The molecule has 0 aliphatic rings. The number of carbonyl (C=O) groups is 1. The van der Waals surface area contributed by atoms with E-state index < -0.39 is 10.9 Å². The maximum absolute atomic E-state index is 12.3. The predicted octanol–water partition coefficient (Wildman–Crippen LogP) is 5.45. The van der Waals surface area contributed by atoms with E-state index in [-0.39, 0.29) is 17.9 Å². The van der Waals surface area contributed by atoms with Gasteiger partial charge in [-0.25, -0.2) is 0 Å². The molecule has 28 heavy (non-hydrogen) atoms. The molecular formula is C21H17ClN2O4. The lowest BCUT2D eigenvalue weighted by Gasteiger charge is -2.14. The van der Waals surface area contributed by atoms with Crippen molar-refractivity contribution in [3.8, 4) is 5.75 Å². The molecule has 0 atom stereocenters. The van der Waals surface area contributed by atoms with Crippen LogP contribution >= 0.6 is 11.6 Å². The van der Waals surface area contributed by atoms with Crippen LogP contribution in [-0.4, -0.2) is 10.9 Å². The summed E-state index contributed by atoms with van der Waals surface area (Å²) < 4.78 is 5.29. The van der Waals surface area contributed by atoms with Crippen molar-refractivity contribution in [3.63, 3.8) is 0 Å². The first-order valence-corrected chi connectivity index (χ1v) is 8.87. The number of nitrogens with one attached hydrogen (secondary N) is 1. The van der Waals surface area contributed by atoms with Gasteiger partial charge < -0.3 is 10.1 Å². The summed E-state index contributed by atoms with van der Waals surface area (Å²) >= 11 is 6.17. The van der Waals surface area contributed by atoms with Gasteiger partial charge in [-0.05, 0) is 48.4 Å². The Hall–Kier alpha value is -3.38. The lowest BCUT2D eigenvalue weighted by molar-refractivity contribution is -0.384. The minimum Gasteiger partial charge on any atom is -0.426 e. The Morgan fingerprint density at radius 2 is 1.71 bits per heavy atom. The number of rotatable bonds is 6. The minimum absolute atomic E-state index is 0.0414. The molecule has 0 aliphatic heterocycles. The van der Waals surface area contributed by atoms with E-state index in [1.54, 1.807) is 0 Å². The van der Waals surface area contributed by atoms with Crippen molar-refractivity contribution in [3.05, 3.63) is 93.0 Å². The highest BCUT2D eigenvalue weighted by Crippen LogP contribution is 2.28. The Morgan fingerprint density at radius 1 is 1.04 bits per heavy atom. The number of hydrogen-bond acceptors (Lipinski definition) is 5. The number of halogens is 1. The molecule has 0 aliphatic carbocycles. The first-order chi connectivity index (χ1) is 13.4. The number of ether oxygens (including phenoxy) is 1. The van der Waals surface area contributed by atoms with Crippen molar-refractivity contribution in [2.75, 3.05) is 5.32 Å². The van der Waals surface area contributed by atoms with Crippen molar-refractivity contribution in [2.24, 2.45) is 0 Å². The Bertz CT molecular complexity index is 1020. The topological polar surface area (TPSA) is 81.5 Å². The van der Waals surface area contributed by atoms with Gasteiger partial charge in [0.1, 0.15) is 5.75 Å². The van der Waals surface area contributed by atoms with Gasteiger partial charge in [0, 0.05) is 28.5 Å². The third kappa shape index (κ3) is 4.66. The van der Waals surface area contributed by atoms with Crippen LogP contribution in [0.1, 0.15) is 11.1 Å². The largest absolute Gasteiger partial charge is 0.426 e. The Balaban J connectivity index is 1.73. The number of hydrogen-bond donors (Lipinski definition) is 1. The Morgan fingerprint density at radius 3 is 2.43 bits per heavy atom. The van der Waals surface area contributed by atoms with E-state index in [0.29, 0.717) is 5.02 Å². The molecule has 0 bridgehead atoms. The fourth-order valence-electron chi connectivity index (χ4n) is 2.64. The zero-order valence-corrected chi connectivity index (χ0v) is 15.8. The molecule has 0 spiro atoms. The van der Waals surface area contributed by atoms with Crippen molar-refractivity contribution in [1.29, 1.82) is 0 Å². The van der Waals surface area contributed by atoms with Gasteiger partial charge in [0.25, 0.3) is 5.69 Å². The minimum atomic E-state index is -0.509. The normalized spacial score (nSPS) is 10.4. The standard InChI is InChI=1S/C21H17ClN2O4/c1-14-18(22)6-4-8-19(14)23-20-7-3-2-5-15(20)13-21(25)28-17-11-9-16(10-12-17)24(26)27/h2-12,23H,13H2,1H3. The number of nitro groups is 1. The summed E-state index contributed by atoms with van der Waals surface area (Å²) in [5, 5.41) is 14.6.